The standard InChI is InChI=1S/C15H20N6O8/c1-5(23)7(14(26)27)19-15(28)20-11-8-12(17-3-16-11)21(4-18-8)13-10(25)9(24)6(2-22)29-13/h3-7,9-10,13,22-25H,2H2,1H3,(H,26,27)(H2,16,17,19,20,28)/t5?,6-,7+,9-,10-,13?/m1/s1. The first-order chi connectivity index (χ1) is 13.7. The number of hydrogen-bond donors (Lipinski definition) is 7. The van der Waals surface area contributed by atoms with E-state index >= 15 is 0 Å². The monoisotopic (exact) mass is 412 g/mol. The van der Waals surface area contributed by atoms with Crippen molar-refractivity contribution in [2.75, 3.05) is 11.9 Å². The lowest BCUT2D eigenvalue weighted by molar-refractivity contribution is -0.141. The average molecular weight is 412 g/mol. The Morgan fingerprint density at radius 1 is 1.28 bits per heavy atom. The second-order valence-corrected chi connectivity index (χ2v) is 6.43. The number of carbonyl (C=O) groups is 2. The molecule has 3 heterocycles. The summed E-state index contributed by atoms with van der Waals surface area (Å²) in [4.78, 5) is 35.2. The van der Waals surface area contributed by atoms with Gasteiger partial charge < -0.3 is 35.6 Å². The zero-order valence-corrected chi connectivity index (χ0v) is 15.1. The first-order valence-electron chi connectivity index (χ1n) is 8.53. The number of anilines is 1. The van der Waals surface area contributed by atoms with Crippen molar-refractivity contribution >= 4 is 29.0 Å². The summed E-state index contributed by atoms with van der Waals surface area (Å²) < 4.78 is 6.74. The van der Waals surface area contributed by atoms with Crippen LogP contribution in [0.1, 0.15) is 13.2 Å². The zero-order valence-electron chi connectivity index (χ0n) is 15.1. The number of carboxylic acid groups (broad SMARTS) is 1. The number of imidazole rings is 1. The molecule has 2 aromatic heterocycles. The number of carbonyl (C=O) groups excluding carboxylic acids is 1. The van der Waals surface area contributed by atoms with Gasteiger partial charge in [0.05, 0.1) is 19.0 Å². The first-order valence-corrected chi connectivity index (χ1v) is 8.53. The number of amides is 2. The van der Waals surface area contributed by atoms with E-state index in [1.165, 1.54) is 17.8 Å². The maximum Gasteiger partial charge on any atom is 0.328 e. The van der Waals surface area contributed by atoms with Gasteiger partial charge in [0.25, 0.3) is 0 Å². The van der Waals surface area contributed by atoms with Crippen molar-refractivity contribution in [2.24, 2.45) is 0 Å². The van der Waals surface area contributed by atoms with Gasteiger partial charge in [0.2, 0.25) is 0 Å². The third-order valence-corrected chi connectivity index (χ3v) is 4.42. The van der Waals surface area contributed by atoms with Crippen LogP contribution in [0.4, 0.5) is 10.6 Å². The topological polar surface area (TPSA) is 212 Å². The number of carboxylic acids is 1. The minimum Gasteiger partial charge on any atom is -0.480 e. The minimum absolute atomic E-state index is 0.0623. The molecular formula is C15H20N6O8. The van der Waals surface area contributed by atoms with Gasteiger partial charge in [-0.3, -0.25) is 9.88 Å². The van der Waals surface area contributed by atoms with Crippen LogP contribution in [0.2, 0.25) is 0 Å². The molecule has 158 valence electrons. The van der Waals surface area contributed by atoms with Gasteiger partial charge in [-0.2, -0.15) is 0 Å². The Kier molecular flexibility index (Phi) is 5.90. The maximum atomic E-state index is 12.1. The lowest BCUT2D eigenvalue weighted by Crippen LogP contribution is -2.49. The molecular weight excluding hydrogens is 392 g/mol. The van der Waals surface area contributed by atoms with E-state index in [1.807, 2.05) is 0 Å². The van der Waals surface area contributed by atoms with Crippen LogP contribution in [0.15, 0.2) is 12.7 Å². The molecule has 6 atom stereocenters. The van der Waals surface area contributed by atoms with E-state index in [2.05, 4.69) is 25.6 Å². The summed E-state index contributed by atoms with van der Waals surface area (Å²) in [6.45, 7) is 0.710. The number of urea groups is 1. The average Bonchev–Trinajstić information content (AvgIpc) is 3.21. The molecule has 0 radical (unpaired) electrons. The van der Waals surface area contributed by atoms with Crippen molar-refractivity contribution in [3.63, 3.8) is 0 Å². The summed E-state index contributed by atoms with van der Waals surface area (Å²) in [6.07, 6.45) is -3.75. The highest BCUT2D eigenvalue weighted by Gasteiger charge is 2.44. The summed E-state index contributed by atoms with van der Waals surface area (Å²) in [6, 6.07) is -2.48. The molecule has 0 aromatic carbocycles. The third kappa shape index (κ3) is 3.96. The van der Waals surface area contributed by atoms with E-state index in [1.54, 1.807) is 0 Å². The minimum atomic E-state index is -1.54. The molecule has 0 bridgehead atoms. The highest BCUT2D eigenvalue weighted by molar-refractivity contribution is 5.97. The molecule has 0 saturated carbocycles. The van der Waals surface area contributed by atoms with E-state index in [0.717, 1.165) is 6.33 Å². The van der Waals surface area contributed by atoms with Crippen LogP contribution in [0.25, 0.3) is 11.2 Å². The van der Waals surface area contributed by atoms with Crippen LogP contribution in [-0.4, -0.2) is 94.1 Å². The SMILES string of the molecule is CC(O)[C@H](NC(=O)Nc1ncnc2c1ncn2C1O[C@H](CO)[C@@H](O)[C@H]1O)C(=O)O. The summed E-state index contributed by atoms with van der Waals surface area (Å²) in [5.41, 5.74) is 0.250. The smallest absolute Gasteiger partial charge is 0.328 e. The van der Waals surface area contributed by atoms with Gasteiger partial charge in [-0.05, 0) is 6.92 Å². The quantitative estimate of drug-likeness (QED) is 0.261. The van der Waals surface area contributed by atoms with E-state index < -0.39 is 55.3 Å². The number of aliphatic carboxylic acids is 1. The second-order valence-electron chi connectivity index (χ2n) is 6.43. The van der Waals surface area contributed by atoms with Crippen LogP contribution in [-0.2, 0) is 9.53 Å². The molecule has 1 aliphatic rings. The molecule has 2 amide bonds. The molecule has 2 aromatic rings. The lowest BCUT2D eigenvalue weighted by atomic mass is 10.1. The number of ether oxygens (including phenoxy) is 1. The number of nitrogens with one attached hydrogen (secondary N) is 2. The second kappa shape index (κ2) is 8.22. The molecule has 3 rings (SSSR count). The maximum absolute atomic E-state index is 12.1. The first kappa shape index (κ1) is 20.8. The van der Waals surface area contributed by atoms with E-state index in [9.17, 15) is 30.0 Å². The summed E-state index contributed by atoms with van der Waals surface area (Å²) >= 11 is 0. The Morgan fingerprint density at radius 2 is 2.00 bits per heavy atom. The van der Waals surface area contributed by atoms with Crippen molar-refractivity contribution < 1.29 is 39.9 Å². The van der Waals surface area contributed by atoms with Gasteiger partial charge in [0.15, 0.2) is 29.3 Å². The molecule has 1 saturated heterocycles. The Morgan fingerprint density at radius 3 is 2.59 bits per heavy atom. The molecule has 2 unspecified atom stereocenters. The summed E-state index contributed by atoms with van der Waals surface area (Å²) in [5.74, 6) is -1.48. The Bertz CT molecular complexity index is 904. The van der Waals surface area contributed by atoms with Crippen LogP contribution < -0.4 is 10.6 Å². The predicted octanol–water partition coefficient (Wildman–Crippen LogP) is -2.61. The Balaban J connectivity index is 1.83. The lowest BCUT2D eigenvalue weighted by Gasteiger charge is -2.17. The van der Waals surface area contributed by atoms with Crippen molar-refractivity contribution in [3.05, 3.63) is 12.7 Å². The van der Waals surface area contributed by atoms with Gasteiger partial charge in [0, 0.05) is 0 Å². The largest absolute Gasteiger partial charge is 0.480 e. The molecule has 14 nitrogen and oxygen atoms in total. The number of aliphatic hydroxyl groups excluding tert-OH is 4. The number of fused-ring (bicyclic) bond motifs is 1. The van der Waals surface area contributed by atoms with Gasteiger partial charge >= 0.3 is 12.0 Å². The van der Waals surface area contributed by atoms with Crippen molar-refractivity contribution in [2.45, 2.75) is 43.6 Å². The molecule has 29 heavy (non-hydrogen) atoms. The van der Waals surface area contributed by atoms with Gasteiger partial charge in [-0.25, -0.2) is 24.5 Å². The van der Waals surface area contributed by atoms with Gasteiger partial charge in [-0.1, -0.05) is 0 Å². The zero-order chi connectivity index (χ0) is 21.3. The number of hydrogen-bond acceptors (Lipinski definition) is 10. The fourth-order valence-corrected chi connectivity index (χ4v) is 2.91. The van der Waals surface area contributed by atoms with Crippen LogP contribution in [0.3, 0.4) is 0 Å². The van der Waals surface area contributed by atoms with Crippen LogP contribution in [0.5, 0.6) is 0 Å². The van der Waals surface area contributed by atoms with Crippen LogP contribution in [0, 0.1) is 0 Å². The molecule has 0 spiro atoms. The van der Waals surface area contributed by atoms with Crippen molar-refractivity contribution in [3.8, 4) is 0 Å². The number of aromatic nitrogens is 4. The van der Waals surface area contributed by atoms with Crippen molar-refractivity contribution in [1.29, 1.82) is 0 Å². The van der Waals surface area contributed by atoms with E-state index in [-0.39, 0.29) is 17.0 Å². The Hall–Kier alpha value is -2.91. The normalized spacial score (nSPS) is 26.2. The highest BCUT2D eigenvalue weighted by Crippen LogP contribution is 2.32. The molecule has 0 aliphatic carbocycles. The molecule has 14 heteroatoms. The summed E-state index contributed by atoms with van der Waals surface area (Å²) in [7, 11) is 0. The number of nitrogens with zero attached hydrogens (tertiary/aromatic N) is 4. The number of rotatable bonds is 6. The van der Waals surface area contributed by atoms with E-state index in [0.29, 0.717) is 0 Å². The van der Waals surface area contributed by atoms with Gasteiger partial charge in [0.1, 0.15) is 24.6 Å². The summed E-state index contributed by atoms with van der Waals surface area (Å²) in [5, 5.41) is 52.2. The predicted molar refractivity (Wildman–Crippen MR) is 93.6 cm³/mol. The van der Waals surface area contributed by atoms with Crippen LogP contribution >= 0.6 is 0 Å². The number of aliphatic hydroxyl groups is 4. The molecule has 1 fully saturated rings. The third-order valence-electron chi connectivity index (χ3n) is 4.42. The molecule has 7 N–H and O–H groups in total. The van der Waals surface area contributed by atoms with Gasteiger partial charge in [-0.15, -0.1) is 0 Å². The fourth-order valence-electron chi connectivity index (χ4n) is 2.91. The van der Waals surface area contributed by atoms with E-state index in [4.69, 9.17) is 9.84 Å². The Labute approximate surface area is 162 Å². The fraction of sp³-hybridized carbons (Fsp3) is 0.533. The van der Waals surface area contributed by atoms with Crippen molar-refractivity contribution in [1.82, 2.24) is 24.8 Å². The molecule has 1 aliphatic heterocycles. The highest BCUT2D eigenvalue weighted by atomic mass is 16.6.